The first-order chi connectivity index (χ1) is 19.3. The Hall–Kier alpha value is -4.04. The van der Waals surface area contributed by atoms with Crippen LogP contribution in [0, 0.1) is 0 Å². The summed E-state index contributed by atoms with van der Waals surface area (Å²) in [6.07, 6.45) is 2.57. The maximum atomic E-state index is 12.5. The molecule has 3 aromatic carbocycles. The number of nitrogens with zero attached hydrogens (tertiary/aromatic N) is 1. The first-order valence-electron chi connectivity index (χ1n) is 13.4. The second-order valence-electron chi connectivity index (χ2n) is 10.9. The van der Waals surface area contributed by atoms with Crippen LogP contribution in [0.15, 0.2) is 121 Å². The molecule has 5 rings (SSSR count). The highest BCUT2D eigenvalue weighted by Crippen LogP contribution is 2.41. The van der Waals surface area contributed by atoms with E-state index in [2.05, 4.69) is 55.3 Å². The number of anilines is 1. The SMILES string of the molecule is CC(C)(C)[Si](OC1=C[C@H](c2ccc(NC(=O)c3ccccc3)nc2)O[C@@H]1CO)(c1ccccc1)c1ccccc1. The van der Waals surface area contributed by atoms with Gasteiger partial charge >= 0.3 is 8.32 Å². The lowest BCUT2D eigenvalue weighted by Gasteiger charge is -2.43. The van der Waals surface area contributed by atoms with Crippen molar-refractivity contribution in [3.63, 3.8) is 0 Å². The number of hydrogen-bond donors (Lipinski definition) is 2. The highest BCUT2D eigenvalue weighted by atomic mass is 28.4. The zero-order valence-corrected chi connectivity index (χ0v) is 24.0. The van der Waals surface area contributed by atoms with Gasteiger partial charge in [0.25, 0.3) is 5.91 Å². The molecule has 6 nitrogen and oxygen atoms in total. The van der Waals surface area contributed by atoms with Gasteiger partial charge in [-0.3, -0.25) is 4.79 Å². The lowest BCUT2D eigenvalue weighted by Crippen LogP contribution is -2.66. The number of aliphatic hydroxyl groups excluding tert-OH is 1. The van der Waals surface area contributed by atoms with Crippen molar-refractivity contribution >= 4 is 30.4 Å². The summed E-state index contributed by atoms with van der Waals surface area (Å²) in [5, 5.41) is 15.2. The zero-order chi connectivity index (χ0) is 28.2. The molecule has 2 N–H and O–H groups in total. The summed E-state index contributed by atoms with van der Waals surface area (Å²) in [6.45, 7) is 6.44. The van der Waals surface area contributed by atoms with Gasteiger partial charge in [-0.2, -0.15) is 0 Å². The molecule has 2 atom stereocenters. The average molecular weight is 551 g/mol. The smallest absolute Gasteiger partial charge is 0.319 e. The van der Waals surface area contributed by atoms with E-state index in [4.69, 9.17) is 9.16 Å². The summed E-state index contributed by atoms with van der Waals surface area (Å²) < 4.78 is 13.4. The van der Waals surface area contributed by atoms with Crippen LogP contribution in [-0.4, -0.2) is 37.0 Å². The summed E-state index contributed by atoms with van der Waals surface area (Å²) in [5.74, 6) is 0.851. The molecule has 0 fully saturated rings. The van der Waals surface area contributed by atoms with Crippen LogP contribution in [-0.2, 0) is 9.16 Å². The molecule has 0 saturated carbocycles. The molecular formula is C33H34N2O4Si. The first-order valence-corrected chi connectivity index (χ1v) is 15.3. The minimum absolute atomic E-state index is 0.209. The number of rotatable bonds is 8. The van der Waals surface area contributed by atoms with Gasteiger partial charge in [-0.05, 0) is 39.7 Å². The van der Waals surface area contributed by atoms with Gasteiger partial charge in [-0.15, -0.1) is 0 Å². The average Bonchev–Trinajstić information content (AvgIpc) is 3.39. The number of aliphatic hydroxyl groups is 1. The molecule has 0 spiro atoms. The summed E-state index contributed by atoms with van der Waals surface area (Å²) >= 11 is 0. The van der Waals surface area contributed by atoms with E-state index >= 15 is 0 Å². The number of benzene rings is 3. The second kappa shape index (κ2) is 11.6. The van der Waals surface area contributed by atoms with E-state index < -0.39 is 20.5 Å². The minimum atomic E-state index is -2.89. The number of ether oxygens (including phenoxy) is 1. The van der Waals surface area contributed by atoms with Crippen molar-refractivity contribution in [2.24, 2.45) is 0 Å². The van der Waals surface area contributed by atoms with Gasteiger partial charge in [-0.25, -0.2) is 4.98 Å². The lowest BCUT2D eigenvalue weighted by molar-refractivity contribution is 0.00725. The molecule has 0 radical (unpaired) electrons. The van der Waals surface area contributed by atoms with Crippen LogP contribution in [0.25, 0.3) is 0 Å². The van der Waals surface area contributed by atoms with Crippen LogP contribution in [0.3, 0.4) is 0 Å². The van der Waals surface area contributed by atoms with E-state index in [1.165, 1.54) is 0 Å². The van der Waals surface area contributed by atoms with E-state index in [1.54, 1.807) is 24.4 Å². The highest BCUT2D eigenvalue weighted by molar-refractivity contribution is 6.99. The molecule has 0 bridgehead atoms. The summed E-state index contributed by atoms with van der Waals surface area (Å²) in [6, 6.07) is 33.4. The lowest BCUT2D eigenvalue weighted by atomic mass is 10.1. The molecule has 1 amide bonds. The number of amides is 1. The minimum Gasteiger partial charge on any atom is -0.535 e. The molecule has 1 aliphatic heterocycles. The molecule has 1 aliphatic rings. The van der Waals surface area contributed by atoms with Crippen LogP contribution in [0.4, 0.5) is 5.82 Å². The Morgan fingerprint density at radius 3 is 1.98 bits per heavy atom. The molecule has 0 aliphatic carbocycles. The summed E-state index contributed by atoms with van der Waals surface area (Å²) in [5.41, 5.74) is 1.36. The number of pyridine rings is 1. The Bertz CT molecular complexity index is 1410. The van der Waals surface area contributed by atoms with E-state index in [0.29, 0.717) is 17.1 Å². The van der Waals surface area contributed by atoms with E-state index in [9.17, 15) is 9.90 Å². The van der Waals surface area contributed by atoms with Crippen molar-refractivity contribution in [1.29, 1.82) is 0 Å². The number of carbonyl (C=O) groups is 1. The molecule has 40 heavy (non-hydrogen) atoms. The number of carbonyl (C=O) groups excluding carboxylic acids is 1. The van der Waals surface area contributed by atoms with Crippen molar-refractivity contribution < 1.29 is 19.1 Å². The Kier molecular flexibility index (Phi) is 7.98. The van der Waals surface area contributed by atoms with E-state index in [1.807, 2.05) is 66.7 Å². The van der Waals surface area contributed by atoms with Gasteiger partial charge < -0.3 is 19.6 Å². The van der Waals surface area contributed by atoms with Crippen molar-refractivity contribution in [1.82, 2.24) is 4.98 Å². The van der Waals surface area contributed by atoms with Crippen LogP contribution >= 0.6 is 0 Å². The van der Waals surface area contributed by atoms with Crippen molar-refractivity contribution in [3.05, 3.63) is 132 Å². The van der Waals surface area contributed by atoms with Gasteiger partial charge in [0.05, 0.1) is 6.61 Å². The summed E-state index contributed by atoms with van der Waals surface area (Å²) in [4.78, 5) is 16.9. The van der Waals surface area contributed by atoms with Crippen LogP contribution in [0.2, 0.25) is 5.04 Å². The quantitative estimate of drug-likeness (QED) is 0.294. The number of nitrogens with one attached hydrogen (secondary N) is 1. The van der Waals surface area contributed by atoms with Gasteiger partial charge in [0.1, 0.15) is 23.8 Å². The Labute approximate surface area is 236 Å². The first kappa shape index (κ1) is 27.5. The molecular weight excluding hydrogens is 516 g/mol. The van der Waals surface area contributed by atoms with Crippen molar-refractivity contribution in [3.8, 4) is 0 Å². The van der Waals surface area contributed by atoms with Gasteiger partial charge in [0.2, 0.25) is 0 Å². The zero-order valence-electron chi connectivity index (χ0n) is 23.0. The van der Waals surface area contributed by atoms with E-state index in [0.717, 1.165) is 15.9 Å². The molecule has 1 aromatic heterocycles. The van der Waals surface area contributed by atoms with Crippen molar-refractivity contribution in [2.75, 3.05) is 11.9 Å². The molecule has 7 heteroatoms. The molecule has 4 aromatic rings. The number of hydrogen-bond acceptors (Lipinski definition) is 5. The maximum absolute atomic E-state index is 12.5. The molecule has 2 heterocycles. The third-order valence-electron chi connectivity index (χ3n) is 7.19. The third kappa shape index (κ3) is 5.49. The Balaban J connectivity index is 1.45. The van der Waals surface area contributed by atoms with E-state index in [-0.39, 0.29) is 17.6 Å². The van der Waals surface area contributed by atoms with Crippen LogP contribution in [0.1, 0.15) is 42.8 Å². The second-order valence-corrected chi connectivity index (χ2v) is 15.1. The Morgan fingerprint density at radius 1 is 0.900 bits per heavy atom. The monoisotopic (exact) mass is 550 g/mol. The van der Waals surface area contributed by atoms with Crippen molar-refractivity contribution in [2.45, 2.75) is 38.0 Å². The predicted molar refractivity (Wildman–Crippen MR) is 160 cm³/mol. The Morgan fingerprint density at radius 2 is 1.48 bits per heavy atom. The van der Waals surface area contributed by atoms with Crippen LogP contribution < -0.4 is 15.7 Å². The fraction of sp³-hybridized carbons (Fsp3) is 0.212. The maximum Gasteiger partial charge on any atom is 0.319 e. The molecule has 0 unspecified atom stereocenters. The fourth-order valence-corrected chi connectivity index (χ4v) is 9.68. The predicted octanol–water partition coefficient (Wildman–Crippen LogP) is 5.23. The number of aromatic nitrogens is 1. The molecule has 204 valence electrons. The van der Waals surface area contributed by atoms with Gasteiger partial charge in [0.15, 0.2) is 0 Å². The normalized spacial score (nSPS) is 17.2. The largest absolute Gasteiger partial charge is 0.535 e. The third-order valence-corrected chi connectivity index (χ3v) is 12.1. The topological polar surface area (TPSA) is 80.7 Å². The summed E-state index contributed by atoms with van der Waals surface area (Å²) in [7, 11) is -2.89. The standard InChI is InChI=1S/C33H34N2O4Si/c1-33(2,3)40(26-15-9-5-10-16-26,27-17-11-6-12-18-27)39-29-21-28(38-30(29)23-36)25-19-20-31(34-22-25)35-32(37)24-13-7-4-8-14-24/h4-22,28,30,36H,23H2,1-3H3,(H,34,35,37)/t28-,30-/m1/s1. The van der Waals surface area contributed by atoms with Crippen LogP contribution in [0.5, 0.6) is 0 Å². The van der Waals surface area contributed by atoms with Gasteiger partial charge in [-0.1, -0.05) is 106 Å². The fourth-order valence-electron chi connectivity index (χ4n) is 5.20. The molecule has 0 saturated heterocycles. The highest BCUT2D eigenvalue weighted by Gasteiger charge is 2.53. The van der Waals surface area contributed by atoms with Gasteiger partial charge in [0, 0.05) is 17.3 Å².